The van der Waals surface area contributed by atoms with Gasteiger partial charge in [0.25, 0.3) is 0 Å². The summed E-state index contributed by atoms with van der Waals surface area (Å²) in [6.07, 6.45) is 20.9. The molecule has 194 valence electrons. The third-order valence-electron chi connectivity index (χ3n) is 6.63. The van der Waals surface area contributed by atoms with E-state index in [4.69, 9.17) is 9.47 Å². The van der Waals surface area contributed by atoms with E-state index in [0.29, 0.717) is 6.61 Å². The van der Waals surface area contributed by atoms with Crippen molar-refractivity contribution in [3.8, 4) is 0 Å². The van der Waals surface area contributed by atoms with Gasteiger partial charge in [0.05, 0.1) is 6.61 Å². The van der Waals surface area contributed by atoms with Gasteiger partial charge in [0, 0.05) is 12.1 Å². The fourth-order valence-corrected chi connectivity index (χ4v) is 4.46. The van der Waals surface area contributed by atoms with E-state index in [1.165, 1.54) is 83.5 Å². The summed E-state index contributed by atoms with van der Waals surface area (Å²) in [4.78, 5) is 15.5. The third kappa shape index (κ3) is 14.3. The molecule has 0 saturated carbocycles. The maximum atomic E-state index is 13.0. The van der Waals surface area contributed by atoms with Gasteiger partial charge in [-0.2, -0.15) is 0 Å². The number of ketones is 1. The van der Waals surface area contributed by atoms with E-state index < -0.39 is 0 Å². The summed E-state index contributed by atoms with van der Waals surface area (Å²) in [5.41, 5.74) is 0.903. The highest BCUT2D eigenvalue weighted by Crippen LogP contribution is 2.22. The molecule has 1 heterocycles. The van der Waals surface area contributed by atoms with Crippen molar-refractivity contribution in [2.45, 2.75) is 143 Å². The van der Waals surface area contributed by atoms with Crippen molar-refractivity contribution >= 4 is 5.78 Å². The number of Topliss-reactive ketones (excluding diaryl/α,β-unsaturated/α-hetero) is 1. The summed E-state index contributed by atoms with van der Waals surface area (Å²) in [6, 6.07) is 0. The topological polar surface area (TPSA) is 38.8 Å². The van der Waals surface area contributed by atoms with E-state index in [-0.39, 0.29) is 18.2 Å². The molecule has 0 spiro atoms. The second kappa shape index (κ2) is 20.6. The van der Waals surface area contributed by atoms with Gasteiger partial charge in [-0.15, -0.1) is 0 Å². The maximum absolute atomic E-state index is 13.0. The largest absolute Gasteiger partial charge is 0.349 e. The number of ether oxygens (including phenoxy) is 2. The normalized spacial score (nSPS) is 18.8. The lowest BCUT2D eigenvalue weighted by molar-refractivity contribution is -0.166. The quantitative estimate of drug-likeness (QED) is 0.153. The van der Waals surface area contributed by atoms with Crippen LogP contribution in [0.25, 0.3) is 0 Å². The lowest BCUT2D eigenvalue weighted by Crippen LogP contribution is -2.40. The second-order valence-electron chi connectivity index (χ2n) is 9.87. The number of unbranched alkanes of at least 4 members (excludes halogenated alkanes) is 11. The summed E-state index contributed by atoms with van der Waals surface area (Å²) in [7, 11) is 0. The van der Waals surface area contributed by atoms with Gasteiger partial charge in [0.15, 0.2) is 12.1 Å². The van der Waals surface area contributed by atoms with Crippen LogP contribution in [-0.4, -0.2) is 49.3 Å². The Bertz CT molecular complexity index is 497. The molecule has 1 rings (SSSR count). The van der Waals surface area contributed by atoms with E-state index >= 15 is 0 Å². The number of hydrogen-bond acceptors (Lipinski definition) is 4. The zero-order valence-corrected chi connectivity index (χ0v) is 22.5. The zero-order chi connectivity index (χ0) is 24.2. The van der Waals surface area contributed by atoms with Crippen molar-refractivity contribution in [3.05, 3.63) is 11.6 Å². The van der Waals surface area contributed by atoms with Gasteiger partial charge in [-0.25, -0.2) is 0 Å². The molecular formula is C29H55NO3. The first-order chi connectivity index (χ1) is 16.2. The van der Waals surface area contributed by atoms with Crippen LogP contribution in [0.2, 0.25) is 0 Å². The van der Waals surface area contributed by atoms with E-state index in [1.807, 2.05) is 6.08 Å². The van der Waals surface area contributed by atoms with Gasteiger partial charge in [0.2, 0.25) is 0 Å². The van der Waals surface area contributed by atoms with Crippen LogP contribution < -0.4 is 0 Å². The first-order valence-corrected chi connectivity index (χ1v) is 14.4. The van der Waals surface area contributed by atoms with E-state index in [0.717, 1.165) is 44.5 Å². The zero-order valence-electron chi connectivity index (χ0n) is 22.5. The number of nitrogens with zero attached hydrogens (tertiary/aromatic N) is 1. The van der Waals surface area contributed by atoms with E-state index in [1.54, 1.807) is 0 Å². The molecule has 33 heavy (non-hydrogen) atoms. The van der Waals surface area contributed by atoms with Crippen LogP contribution >= 0.6 is 0 Å². The molecule has 1 aliphatic heterocycles. The molecule has 0 fully saturated rings. The summed E-state index contributed by atoms with van der Waals surface area (Å²) < 4.78 is 12.1. The molecule has 0 amide bonds. The Hall–Kier alpha value is -0.710. The van der Waals surface area contributed by atoms with Gasteiger partial charge >= 0.3 is 0 Å². The maximum Gasteiger partial charge on any atom is 0.188 e. The minimum Gasteiger partial charge on any atom is -0.349 e. The standard InChI is InChI=1S/C29H55NO3/c1-5-9-12-13-14-15-16-17-18-19-23-32-28-24-26(29(31)27(33-28)20-8-4)25-30(21-10-6-2)22-11-7-3/h24,27-28H,5-23,25H2,1-4H3. The van der Waals surface area contributed by atoms with Crippen molar-refractivity contribution in [2.24, 2.45) is 0 Å². The Kier molecular flexibility index (Phi) is 19.0. The fraction of sp³-hybridized carbons (Fsp3) is 0.897. The molecule has 4 nitrogen and oxygen atoms in total. The van der Waals surface area contributed by atoms with Gasteiger partial charge in [-0.3, -0.25) is 9.69 Å². The molecule has 2 unspecified atom stereocenters. The van der Waals surface area contributed by atoms with Crippen LogP contribution in [0, 0.1) is 0 Å². The summed E-state index contributed by atoms with van der Waals surface area (Å²) in [5.74, 6) is 0.175. The minimum absolute atomic E-state index is 0.175. The first kappa shape index (κ1) is 30.3. The van der Waals surface area contributed by atoms with Crippen molar-refractivity contribution < 1.29 is 14.3 Å². The highest BCUT2D eigenvalue weighted by molar-refractivity contribution is 5.99. The number of carbonyl (C=O) groups is 1. The molecule has 0 saturated heterocycles. The number of rotatable bonds is 22. The molecule has 0 aromatic rings. The Morgan fingerprint density at radius 2 is 1.30 bits per heavy atom. The molecule has 0 aliphatic carbocycles. The summed E-state index contributed by atoms with van der Waals surface area (Å²) in [6.45, 7) is 12.4. The minimum atomic E-state index is -0.369. The Labute approximate surface area is 205 Å². The Morgan fingerprint density at radius 1 is 0.758 bits per heavy atom. The summed E-state index contributed by atoms with van der Waals surface area (Å²) in [5, 5.41) is 0. The molecule has 0 radical (unpaired) electrons. The molecule has 0 aromatic heterocycles. The van der Waals surface area contributed by atoms with Gasteiger partial charge in [0.1, 0.15) is 6.10 Å². The smallest absolute Gasteiger partial charge is 0.188 e. The van der Waals surface area contributed by atoms with Crippen LogP contribution in [0.1, 0.15) is 130 Å². The lowest BCUT2D eigenvalue weighted by Gasteiger charge is -2.31. The van der Waals surface area contributed by atoms with Gasteiger partial charge < -0.3 is 9.47 Å². The molecule has 0 N–H and O–H groups in total. The predicted molar refractivity (Wildman–Crippen MR) is 141 cm³/mol. The van der Waals surface area contributed by atoms with Crippen LogP contribution in [0.15, 0.2) is 11.6 Å². The molecule has 0 bridgehead atoms. The highest BCUT2D eigenvalue weighted by Gasteiger charge is 2.31. The molecule has 1 aliphatic rings. The van der Waals surface area contributed by atoms with Crippen molar-refractivity contribution in [1.82, 2.24) is 4.90 Å². The van der Waals surface area contributed by atoms with Crippen LogP contribution in [0.4, 0.5) is 0 Å². The average Bonchev–Trinajstić information content (AvgIpc) is 2.82. The molecule has 0 aromatic carbocycles. The number of hydrogen-bond donors (Lipinski definition) is 0. The van der Waals surface area contributed by atoms with Crippen molar-refractivity contribution in [2.75, 3.05) is 26.2 Å². The van der Waals surface area contributed by atoms with Gasteiger partial charge in [-0.05, 0) is 44.8 Å². The Morgan fingerprint density at radius 3 is 1.85 bits per heavy atom. The molecule has 4 heteroatoms. The SMILES string of the molecule is CCCCCCCCCCCCOC1C=C(CN(CCCC)CCCC)C(=O)C(CCC)O1. The summed E-state index contributed by atoms with van der Waals surface area (Å²) >= 11 is 0. The van der Waals surface area contributed by atoms with Crippen LogP contribution in [0.5, 0.6) is 0 Å². The third-order valence-corrected chi connectivity index (χ3v) is 6.63. The number of carbonyl (C=O) groups excluding carboxylic acids is 1. The Balaban J connectivity index is 2.44. The fourth-order valence-electron chi connectivity index (χ4n) is 4.46. The predicted octanol–water partition coefficient (Wildman–Crippen LogP) is 7.85. The molecular weight excluding hydrogens is 410 g/mol. The lowest BCUT2D eigenvalue weighted by atomic mass is 9.99. The van der Waals surface area contributed by atoms with Crippen molar-refractivity contribution in [3.63, 3.8) is 0 Å². The van der Waals surface area contributed by atoms with E-state index in [9.17, 15) is 4.79 Å². The van der Waals surface area contributed by atoms with Gasteiger partial charge in [-0.1, -0.05) is 105 Å². The monoisotopic (exact) mass is 465 g/mol. The highest BCUT2D eigenvalue weighted by atomic mass is 16.7. The average molecular weight is 466 g/mol. The van der Waals surface area contributed by atoms with Crippen LogP contribution in [-0.2, 0) is 14.3 Å². The first-order valence-electron chi connectivity index (χ1n) is 14.4. The second-order valence-corrected chi connectivity index (χ2v) is 9.87. The molecule has 2 atom stereocenters. The van der Waals surface area contributed by atoms with E-state index in [2.05, 4.69) is 32.6 Å². The van der Waals surface area contributed by atoms with Crippen LogP contribution in [0.3, 0.4) is 0 Å². The van der Waals surface area contributed by atoms with Crippen molar-refractivity contribution in [1.29, 1.82) is 0 Å².